The number of nitrogens with zero attached hydrogens (tertiary/aromatic N) is 2. The number of carbonyl (C=O) groups is 1. The average molecular weight is 406 g/mol. The first-order valence-electron chi connectivity index (χ1n) is 9.77. The molecule has 0 spiro atoms. The van der Waals surface area contributed by atoms with E-state index in [1.54, 1.807) is 4.90 Å². The van der Waals surface area contributed by atoms with Crippen LogP contribution in [0.2, 0.25) is 0 Å². The van der Waals surface area contributed by atoms with Gasteiger partial charge in [0.1, 0.15) is 11.3 Å². The Kier molecular flexibility index (Phi) is 4.72. The number of pyridine rings is 1. The van der Waals surface area contributed by atoms with Crippen LogP contribution in [0, 0.1) is 17.6 Å². The van der Waals surface area contributed by atoms with E-state index in [0.29, 0.717) is 13.1 Å². The van der Waals surface area contributed by atoms with Gasteiger partial charge < -0.3 is 25.6 Å². The standard InChI is InChI=1S/C20H24F2N4O3/c1-9(24-2)10-5-6-25(7-10)18-14(21)16(23)13-17(15(18)22)26(11-3-4-11)8-12(19(13)27)20(28)29/h8-11,24H,3-7,23H2,1-2H3,(H,28,29)/t9-,10+/m0/s1. The van der Waals surface area contributed by atoms with Crippen LogP contribution in [0.4, 0.5) is 20.2 Å². The summed E-state index contributed by atoms with van der Waals surface area (Å²) in [6.07, 6.45) is 3.39. The smallest absolute Gasteiger partial charge is 0.341 e. The van der Waals surface area contributed by atoms with Crippen LogP contribution >= 0.6 is 0 Å². The zero-order valence-electron chi connectivity index (χ0n) is 16.3. The van der Waals surface area contributed by atoms with Gasteiger partial charge in [0.25, 0.3) is 0 Å². The van der Waals surface area contributed by atoms with Crippen LogP contribution in [0.5, 0.6) is 0 Å². The number of carboxylic acids is 1. The number of aromatic carboxylic acids is 1. The van der Waals surface area contributed by atoms with Crippen molar-refractivity contribution < 1.29 is 18.7 Å². The van der Waals surface area contributed by atoms with Crippen molar-refractivity contribution in [3.63, 3.8) is 0 Å². The normalized spacial score (nSPS) is 20.4. The molecule has 1 aromatic carbocycles. The first-order chi connectivity index (χ1) is 13.8. The molecule has 9 heteroatoms. The molecule has 2 aliphatic rings. The third-order valence-electron chi connectivity index (χ3n) is 6.24. The van der Waals surface area contributed by atoms with Crippen molar-refractivity contribution in [1.82, 2.24) is 9.88 Å². The predicted molar refractivity (Wildman–Crippen MR) is 107 cm³/mol. The predicted octanol–water partition coefficient (Wildman–Crippen LogP) is 2.33. The lowest BCUT2D eigenvalue weighted by atomic mass is 10.0. The minimum Gasteiger partial charge on any atom is -0.477 e. The van der Waals surface area contributed by atoms with Crippen LogP contribution < -0.4 is 21.4 Å². The Morgan fingerprint density at radius 2 is 2.00 bits per heavy atom. The molecular weight excluding hydrogens is 382 g/mol. The molecule has 4 N–H and O–H groups in total. The molecule has 2 aromatic rings. The molecule has 29 heavy (non-hydrogen) atoms. The maximum absolute atomic E-state index is 15.7. The highest BCUT2D eigenvalue weighted by atomic mass is 19.1. The molecule has 156 valence electrons. The van der Waals surface area contributed by atoms with Crippen LogP contribution in [-0.4, -0.2) is 41.8 Å². The van der Waals surface area contributed by atoms with Crippen LogP contribution in [0.3, 0.4) is 0 Å². The van der Waals surface area contributed by atoms with Crippen molar-refractivity contribution >= 4 is 28.2 Å². The molecule has 1 aliphatic heterocycles. The molecule has 0 bridgehead atoms. The van der Waals surface area contributed by atoms with Gasteiger partial charge in [0.2, 0.25) is 5.43 Å². The van der Waals surface area contributed by atoms with Crippen LogP contribution in [0.1, 0.15) is 42.6 Å². The number of nitrogens with two attached hydrogens (primary N) is 1. The van der Waals surface area contributed by atoms with E-state index in [9.17, 15) is 14.7 Å². The minimum atomic E-state index is -1.45. The first kappa shape index (κ1) is 19.6. The number of aromatic nitrogens is 1. The number of nitrogens with one attached hydrogen (secondary N) is 1. The van der Waals surface area contributed by atoms with E-state index >= 15 is 8.78 Å². The zero-order valence-corrected chi connectivity index (χ0v) is 16.3. The Balaban J connectivity index is 1.95. The molecule has 1 saturated carbocycles. The van der Waals surface area contributed by atoms with Crippen LogP contribution in [0.15, 0.2) is 11.0 Å². The van der Waals surface area contributed by atoms with Gasteiger partial charge in [0.15, 0.2) is 11.6 Å². The van der Waals surface area contributed by atoms with E-state index in [1.165, 1.54) is 4.57 Å². The lowest BCUT2D eigenvalue weighted by molar-refractivity contribution is 0.0695. The Hall–Kier alpha value is -2.68. The second-order valence-electron chi connectivity index (χ2n) is 8.00. The van der Waals surface area contributed by atoms with Gasteiger partial charge in [-0.15, -0.1) is 0 Å². The number of anilines is 2. The highest BCUT2D eigenvalue weighted by Gasteiger charge is 2.35. The third-order valence-corrected chi connectivity index (χ3v) is 6.24. The molecule has 2 atom stereocenters. The summed E-state index contributed by atoms with van der Waals surface area (Å²) in [5.74, 6) is -3.09. The van der Waals surface area contributed by atoms with Crippen molar-refractivity contribution in [2.75, 3.05) is 30.8 Å². The van der Waals surface area contributed by atoms with Crippen molar-refractivity contribution in [3.8, 4) is 0 Å². The second kappa shape index (κ2) is 6.98. The van der Waals surface area contributed by atoms with E-state index in [2.05, 4.69) is 5.32 Å². The number of benzene rings is 1. The average Bonchev–Trinajstić information content (AvgIpc) is 3.42. The second-order valence-corrected chi connectivity index (χ2v) is 8.00. The number of hydrogen-bond acceptors (Lipinski definition) is 5. The molecule has 2 fully saturated rings. The third kappa shape index (κ3) is 3.04. The Morgan fingerprint density at radius 3 is 2.59 bits per heavy atom. The minimum absolute atomic E-state index is 0.110. The monoisotopic (exact) mass is 406 g/mol. The largest absolute Gasteiger partial charge is 0.477 e. The molecule has 0 unspecified atom stereocenters. The van der Waals surface area contributed by atoms with Crippen molar-refractivity contribution in [2.24, 2.45) is 5.92 Å². The van der Waals surface area contributed by atoms with E-state index in [1.807, 2.05) is 14.0 Å². The molecule has 0 radical (unpaired) electrons. The number of carboxylic acid groups (broad SMARTS) is 1. The molecule has 7 nitrogen and oxygen atoms in total. The fraction of sp³-hybridized carbons (Fsp3) is 0.500. The van der Waals surface area contributed by atoms with Gasteiger partial charge in [-0.2, -0.15) is 0 Å². The number of rotatable bonds is 5. The number of fused-ring (bicyclic) bond motifs is 1. The maximum atomic E-state index is 15.7. The highest BCUT2D eigenvalue weighted by molar-refractivity contribution is 5.99. The lowest BCUT2D eigenvalue weighted by Gasteiger charge is -2.25. The van der Waals surface area contributed by atoms with E-state index in [4.69, 9.17) is 5.73 Å². The molecule has 0 amide bonds. The van der Waals surface area contributed by atoms with Crippen molar-refractivity contribution in [3.05, 3.63) is 33.6 Å². The molecule has 4 rings (SSSR count). The van der Waals surface area contributed by atoms with Crippen LogP contribution in [0.25, 0.3) is 10.9 Å². The SMILES string of the molecule is CN[C@@H](C)[C@@H]1CCN(c2c(F)c(N)c3c(=O)c(C(=O)O)cn(C4CC4)c3c2F)C1. The Bertz CT molecular complexity index is 1060. The van der Waals surface area contributed by atoms with Crippen molar-refractivity contribution in [2.45, 2.75) is 38.3 Å². The summed E-state index contributed by atoms with van der Waals surface area (Å²) in [5.41, 5.74) is 3.61. The fourth-order valence-corrected chi connectivity index (χ4v) is 4.26. The maximum Gasteiger partial charge on any atom is 0.341 e. The van der Waals surface area contributed by atoms with E-state index < -0.39 is 39.7 Å². The van der Waals surface area contributed by atoms with Gasteiger partial charge >= 0.3 is 5.97 Å². The number of nitrogen functional groups attached to an aromatic ring is 1. The fourth-order valence-electron chi connectivity index (χ4n) is 4.26. The molecule has 1 aromatic heterocycles. The van der Waals surface area contributed by atoms with Gasteiger partial charge in [0.05, 0.1) is 16.6 Å². The summed E-state index contributed by atoms with van der Waals surface area (Å²) in [6.45, 7) is 2.95. The molecule has 1 aliphatic carbocycles. The summed E-state index contributed by atoms with van der Waals surface area (Å²) < 4.78 is 32.3. The highest BCUT2D eigenvalue weighted by Crippen LogP contribution is 2.42. The lowest BCUT2D eigenvalue weighted by Crippen LogP contribution is -2.33. The van der Waals surface area contributed by atoms with Gasteiger partial charge in [0, 0.05) is 31.4 Å². The van der Waals surface area contributed by atoms with Gasteiger partial charge in [-0.1, -0.05) is 0 Å². The molecule has 1 saturated heterocycles. The topological polar surface area (TPSA) is 101 Å². The zero-order chi connectivity index (χ0) is 21.0. The summed E-state index contributed by atoms with van der Waals surface area (Å²) in [5, 5.41) is 12.1. The van der Waals surface area contributed by atoms with Gasteiger partial charge in [-0.25, -0.2) is 13.6 Å². The number of hydrogen-bond donors (Lipinski definition) is 3. The number of halogens is 2. The Labute approximate surface area is 166 Å². The van der Waals surface area contributed by atoms with Gasteiger partial charge in [-0.05, 0) is 39.2 Å². The summed E-state index contributed by atoms with van der Waals surface area (Å²) in [6, 6.07) is 0.0609. The van der Waals surface area contributed by atoms with E-state index in [0.717, 1.165) is 25.5 Å². The molecule has 2 heterocycles. The van der Waals surface area contributed by atoms with Crippen LogP contribution in [-0.2, 0) is 0 Å². The Morgan fingerprint density at radius 1 is 1.31 bits per heavy atom. The van der Waals surface area contributed by atoms with Crippen molar-refractivity contribution in [1.29, 1.82) is 0 Å². The summed E-state index contributed by atoms with van der Waals surface area (Å²) >= 11 is 0. The van der Waals surface area contributed by atoms with E-state index in [-0.39, 0.29) is 29.2 Å². The summed E-state index contributed by atoms with van der Waals surface area (Å²) in [7, 11) is 1.84. The molecular formula is C20H24F2N4O3. The van der Waals surface area contributed by atoms with Gasteiger partial charge in [-0.3, -0.25) is 4.79 Å². The quantitative estimate of drug-likeness (QED) is 0.659. The summed E-state index contributed by atoms with van der Waals surface area (Å²) in [4.78, 5) is 25.8. The first-order valence-corrected chi connectivity index (χ1v) is 9.77.